The molecule has 1 aliphatic rings. The molecule has 5 nitrogen and oxygen atoms in total. The lowest BCUT2D eigenvalue weighted by Crippen LogP contribution is -2.38. The molecule has 1 aromatic rings. The van der Waals surface area contributed by atoms with Crippen LogP contribution in [0.25, 0.3) is 0 Å². The molecule has 3 N–H and O–H groups in total. The van der Waals surface area contributed by atoms with Gasteiger partial charge in [-0.3, -0.25) is 4.90 Å². The van der Waals surface area contributed by atoms with Gasteiger partial charge in [-0.15, -0.1) is 0 Å². The highest BCUT2D eigenvalue weighted by molar-refractivity contribution is 5.73. The van der Waals surface area contributed by atoms with Gasteiger partial charge in [-0.05, 0) is 49.9 Å². The van der Waals surface area contributed by atoms with Crippen molar-refractivity contribution in [2.24, 2.45) is 5.92 Å². The van der Waals surface area contributed by atoms with Gasteiger partial charge < -0.3 is 15.7 Å². The Kier molecular flexibility index (Phi) is 6.86. The molecule has 0 bridgehead atoms. The van der Waals surface area contributed by atoms with Gasteiger partial charge in [0.1, 0.15) is 0 Å². The SMILES string of the molecule is CC1CCN(Cc2cccc(CNC(=O)NC[C@@H](C)O)c2)CC1. The van der Waals surface area contributed by atoms with Crippen molar-refractivity contribution in [3.63, 3.8) is 0 Å². The Hall–Kier alpha value is -1.59. The van der Waals surface area contributed by atoms with E-state index in [1.807, 2.05) is 12.1 Å². The average Bonchev–Trinajstić information content (AvgIpc) is 2.53. The number of hydrogen-bond acceptors (Lipinski definition) is 3. The van der Waals surface area contributed by atoms with Crippen LogP contribution in [-0.2, 0) is 13.1 Å². The maximum absolute atomic E-state index is 11.6. The number of piperidine rings is 1. The summed E-state index contributed by atoms with van der Waals surface area (Å²) in [6.07, 6.45) is 2.03. The number of nitrogens with one attached hydrogen (secondary N) is 2. The average molecular weight is 319 g/mol. The molecule has 5 heteroatoms. The molecule has 1 atom stereocenters. The minimum Gasteiger partial charge on any atom is -0.392 e. The van der Waals surface area contributed by atoms with E-state index in [1.54, 1.807) is 6.92 Å². The number of hydrogen-bond donors (Lipinski definition) is 3. The van der Waals surface area contributed by atoms with Crippen molar-refractivity contribution in [1.29, 1.82) is 0 Å². The molecule has 128 valence electrons. The highest BCUT2D eigenvalue weighted by atomic mass is 16.3. The van der Waals surface area contributed by atoms with Crippen molar-refractivity contribution in [3.05, 3.63) is 35.4 Å². The van der Waals surface area contributed by atoms with E-state index in [1.165, 1.54) is 31.5 Å². The van der Waals surface area contributed by atoms with Crippen LogP contribution in [0, 0.1) is 5.92 Å². The third kappa shape index (κ3) is 6.59. The van der Waals surface area contributed by atoms with E-state index in [-0.39, 0.29) is 12.6 Å². The molecule has 1 heterocycles. The molecule has 1 aliphatic heterocycles. The van der Waals surface area contributed by atoms with Crippen molar-refractivity contribution in [1.82, 2.24) is 15.5 Å². The molecule has 0 spiro atoms. The molecule has 23 heavy (non-hydrogen) atoms. The number of carbonyl (C=O) groups is 1. The summed E-state index contributed by atoms with van der Waals surface area (Å²) in [7, 11) is 0. The summed E-state index contributed by atoms with van der Waals surface area (Å²) in [6.45, 7) is 8.05. The first kappa shape index (κ1) is 17.8. The van der Waals surface area contributed by atoms with Crippen LogP contribution in [0.3, 0.4) is 0 Å². The number of amides is 2. The fraction of sp³-hybridized carbons (Fsp3) is 0.611. The van der Waals surface area contributed by atoms with Gasteiger partial charge in [0, 0.05) is 19.6 Å². The summed E-state index contributed by atoms with van der Waals surface area (Å²) in [6, 6.07) is 8.13. The summed E-state index contributed by atoms with van der Waals surface area (Å²) in [5, 5.41) is 14.6. The number of likely N-dealkylation sites (tertiary alicyclic amines) is 1. The van der Waals surface area contributed by atoms with Crippen molar-refractivity contribution < 1.29 is 9.90 Å². The second-order valence-corrected chi connectivity index (χ2v) is 6.69. The van der Waals surface area contributed by atoms with Crippen LogP contribution in [0.2, 0.25) is 0 Å². The smallest absolute Gasteiger partial charge is 0.315 e. The molecule has 2 amide bonds. The zero-order valence-corrected chi connectivity index (χ0v) is 14.2. The summed E-state index contributed by atoms with van der Waals surface area (Å²) in [5.74, 6) is 0.849. The van der Waals surface area contributed by atoms with Crippen molar-refractivity contribution in [2.75, 3.05) is 19.6 Å². The number of urea groups is 1. The van der Waals surface area contributed by atoms with Crippen LogP contribution in [0.15, 0.2) is 24.3 Å². The lowest BCUT2D eigenvalue weighted by atomic mass is 9.98. The first-order valence-corrected chi connectivity index (χ1v) is 8.53. The Morgan fingerprint density at radius 1 is 1.30 bits per heavy atom. The summed E-state index contributed by atoms with van der Waals surface area (Å²) < 4.78 is 0. The van der Waals surface area contributed by atoms with Crippen LogP contribution >= 0.6 is 0 Å². The summed E-state index contributed by atoms with van der Waals surface area (Å²) in [4.78, 5) is 14.1. The fourth-order valence-corrected chi connectivity index (χ4v) is 2.80. The number of carbonyl (C=O) groups excluding carboxylic acids is 1. The van der Waals surface area contributed by atoms with Crippen LogP contribution in [0.1, 0.15) is 37.8 Å². The predicted molar refractivity (Wildman–Crippen MR) is 92.0 cm³/mol. The van der Waals surface area contributed by atoms with Gasteiger partial charge in [0.05, 0.1) is 6.10 Å². The van der Waals surface area contributed by atoms with Crippen molar-refractivity contribution in [2.45, 2.75) is 45.9 Å². The minimum atomic E-state index is -0.531. The van der Waals surface area contributed by atoms with Gasteiger partial charge in [0.25, 0.3) is 0 Å². The van der Waals surface area contributed by atoms with E-state index in [0.29, 0.717) is 6.54 Å². The lowest BCUT2D eigenvalue weighted by Gasteiger charge is -2.30. The van der Waals surface area contributed by atoms with E-state index in [4.69, 9.17) is 5.11 Å². The fourth-order valence-electron chi connectivity index (χ4n) is 2.80. The number of rotatable bonds is 6. The van der Waals surface area contributed by atoms with E-state index in [0.717, 1.165) is 18.0 Å². The van der Waals surface area contributed by atoms with E-state index >= 15 is 0 Å². The van der Waals surface area contributed by atoms with Crippen molar-refractivity contribution >= 4 is 6.03 Å². The third-order valence-corrected chi connectivity index (χ3v) is 4.28. The lowest BCUT2D eigenvalue weighted by molar-refractivity contribution is 0.185. The largest absolute Gasteiger partial charge is 0.392 e. The van der Waals surface area contributed by atoms with Crippen LogP contribution in [0.4, 0.5) is 4.79 Å². The van der Waals surface area contributed by atoms with Crippen molar-refractivity contribution in [3.8, 4) is 0 Å². The maximum atomic E-state index is 11.6. The number of benzene rings is 1. The standard InChI is InChI=1S/C18H29N3O2/c1-14-6-8-21(9-7-14)13-17-5-3-4-16(10-17)12-20-18(23)19-11-15(2)22/h3-5,10,14-15,22H,6-9,11-13H2,1-2H3,(H2,19,20,23)/t15-/m1/s1. The highest BCUT2D eigenvalue weighted by Crippen LogP contribution is 2.18. The molecule has 1 saturated heterocycles. The zero-order valence-electron chi connectivity index (χ0n) is 14.2. The summed E-state index contributed by atoms with van der Waals surface area (Å²) in [5.41, 5.74) is 2.39. The molecule has 2 rings (SSSR count). The second kappa shape index (κ2) is 8.89. The Morgan fingerprint density at radius 2 is 2.00 bits per heavy atom. The van der Waals surface area contributed by atoms with Crippen LogP contribution in [-0.4, -0.2) is 41.8 Å². The van der Waals surface area contributed by atoms with E-state index < -0.39 is 6.10 Å². The Labute approximate surface area is 139 Å². The molecule has 1 fully saturated rings. The Bertz CT molecular complexity index is 497. The Morgan fingerprint density at radius 3 is 2.70 bits per heavy atom. The maximum Gasteiger partial charge on any atom is 0.315 e. The summed E-state index contributed by atoms with van der Waals surface area (Å²) >= 11 is 0. The molecule has 0 radical (unpaired) electrons. The zero-order chi connectivity index (χ0) is 16.7. The quantitative estimate of drug-likeness (QED) is 0.752. The first-order valence-electron chi connectivity index (χ1n) is 8.53. The molecular formula is C18H29N3O2. The van der Waals surface area contributed by atoms with Crippen LogP contribution < -0.4 is 10.6 Å². The van der Waals surface area contributed by atoms with Gasteiger partial charge >= 0.3 is 6.03 Å². The molecule has 1 aromatic carbocycles. The molecular weight excluding hydrogens is 290 g/mol. The topological polar surface area (TPSA) is 64.6 Å². The second-order valence-electron chi connectivity index (χ2n) is 6.69. The molecule has 0 aromatic heterocycles. The molecule has 0 aliphatic carbocycles. The monoisotopic (exact) mass is 319 g/mol. The Balaban J connectivity index is 1.79. The number of aliphatic hydroxyl groups excluding tert-OH is 1. The van der Waals surface area contributed by atoms with Gasteiger partial charge in [-0.1, -0.05) is 31.2 Å². The highest BCUT2D eigenvalue weighted by Gasteiger charge is 2.15. The van der Waals surface area contributed by atoms with Gasteiger partial charge in [0.15, 0.2) is 0 Å². The van der Waals surface area contributed by atoms with Crippen LogP contribution in [0.5, 0.6) is 0 Å². The predicted octanol–water partition coefficient (Wildman–Crippen LogP) is 2.10. The number of aliphatic hydroxyl groups is 1. The van der Waals surface area contributed by atoms with E-state index in [2.05, 4.69) is 34.6 Å². The normalized spacial score (nSPS) is 17.7. The minimum absolute atomic E-state index is 0.249. The van der Waals surface area contributed by atoms with E-state index in [9.17, 15) is 4.79 Å². The van der Waals surface area contributed by atoms with Gasteiger partial charge in [0.2, 0.25) is 0 Å². The third-order valence-electron chi connectivity index (χ3n) is 4.28. The number of nitrogens with zero attached hydrogens (tertiary/aromatic N) is 1. The van der Waals surface area contributed by atoms with Gasteiger partial charge in [-0.25, -0.2) is 4.79 Å². The molecule has 0 saturated carbocycles. The first-order chi connectivity index (χ1) is 11.0. The van der Waals surface area contributed by atoms with Gasteiger partial charge in [-0.2, -0.15) is 0 Å². The molecule has 0 unspecified atom stereocenters.